The van der Waals surface area contributed by atoms with E-state index in [0.717, 1.165) is 49.0 Å². The summed E-state index contributed by atoms with van der Waals surface area (Å²) >= 11 is 0. The maximum atomic E-state index is 8.43. The van der Waals surface area contributed by atoms with E-state index >= 15 is 0 Å². The Balaban J connectivity index is 2.04. The summed E-state index contributed by atoms with van der Waals surface area (Å²) in [5, 5.41) is 17.0. The van der Waals surface area contributed by atoms with Gasteiger partial charge in [-0.3, -0.25) is 5.41 Å². The lowest BCUT2D eigenvalue weighted by molar-refractivity contribution is 0.669. The molecule has 28 heavy (non-hydrogen) atoms. The number of hydrogen-bond acceptors (Lipinski definition) is 2. The number of para-hydroxylation sites is 1. The zero-order valence-corrected chi connectivity index (χ0v) is 15.0. The maximum absolute atomic E-state index is 8.43. The van der Waals surface area contributed by atoms with Crippen LogP contribution in [0, 0.1) is 5.41 Å². The molecule has 0 atom stereocenters. The molecule has 0 saturated heterocycles. The third-order valence-corrected chi connectivity index (χ3v) is 5.64. The molecule has 6 rings (SSSR count). The fourth-order valence-corrected chi connectivity index (χ4v) is 4.54. The number of furan rings is 1. The highest BCUT2D eigenvalue weighted by Crippen LogP contribution is 2.42. The third-order valence-electron chi connectivity index (χ3n) is 5.64. The van der Waals surface area contributed by atoms with Crippen molar-refractivity contribution in [3.8, 4) is 0 Å². The summed E-state index contributed by atoms with van der Waals surface area (Å²) < 4.78 is 6.16. The first-order valence-electron chi connectivity index (χ1n) is 9.26. The highest BCUT2D eigenvalue weighted by atomic mass is 16.3. The van der Waals surface area contributed by atoms with Crippen LogP contribution in [-0.2, 0) is 0 Å². The zero-order chi connectivity index (χ0) is 18.8. The molecule has 3 nitrogen and oxygen atoms in total. The van der Waals surface area contributed by atoms with Crippen molar-refractivity contribution in [3.63, 3.8) is 0 Å². The number of fused-ring (bicyclic) bond motifs is 9. The molecule has 3 heteroatoms. The van der Waals surface area contributed by atoms with Gasteiger partial charge in [-0.25, -0.2) is 0 Å². The standard InChI is InChI=1S/C25H16N2O/c26-25(27)24-22-17-10-4-3-8-15(17)14-7-1-2-9-16(14)19(22)13-21-23(24)18-11-5-6-12-20(18)28-21/h1-13H,(H3,26,27). The third kappa shape index (κ3) is 1.85. The summed E-state index contributed by atoms with van der Waals surface area (Å²) in [5.74, 6) is 0.0580. The van der Waals surface area contributed by atoms with Crippen LogP contribution in [-0.4, -0.2) is 5.84 Å². The first-order chi connectivity index (χ1) is 13.7. The molecule has 0 spiro atoms. The lowest BCUT2D eigenvalue weighted by Gasteiger charge is -2.14. The van der Waals surface area contributed by atoms with Gasteiger partial charge in [0, 0.05) is 21.7 Å². The Kier molecular flexibility index (Phi) is 2.90. The van der Waals surface area contributed by atoms with Gasteiger partial charge in [-0.2, -0.15) is 0 Å². The van der Waals surface area contributed by atoms with Crippen molar-refractivity contribution in [3.05, 3.63) is 84.4 Å². The Morgan fingerprint density at radius 1 is 0.607 bits per heavy atom. The van der Waals surface area contributed by atoms with E-state index in [1.807, 2.05) is 36.4 Å². The quantitative estimate of drug-likeness (QED) is 0.204. The minimum Gasteiger partial charge on any atom is -0.456 e. The molecule has 0 radical (unpaired) electrons. The number of hydrogen-bond donors (Lipinski definition) is 2. The lowest BCUT2D eigenvalue weighted by Crippen LogP contribution is -2.12. The van der Waals surface area contributed by atoms with Gasteiger partial charge in [0.2, 0.25) is 0 Å². The predicted octanol–water partition coefficient (Wildman–Crippen LogP) is 6.33. The van der Waals surface area contributed by atoms with Gasteiger partial charge in [-0.05, 0) is 39.1 Å². The Morgan fingerprint density at radius 3 is 1.82 bits per heavy atom. The van der Waals surface area contributed by atoms with Crippen molar-refractivity contribution in [1.82, 2.24) is 0 Å². The van der Waals surface area contributed by atoms with Crippen LogP contribution in [0.15, 0.2) is 83.3 Å². The van der Waals surface area contributed by atoms with Crippen LogP contribution in [0.3, 0.4) is 0 Å². The van der Waals surface area contributed by atoms with E-state index in [0.29, 0.717) is 0 Å². The molecule has 0 aliphatic carbocycles. The van der Waals surface area contributed by atoms with Crippen molar-refractivity contribution >= 4 is 60.1 Å². The number of nitrogens with one attached hydrogen (secondary N) is 1. The van der Waals surface area contributed by atoms with Gasteiger partial charge < -0.3 is 10.2 Å². The molecule has 0 aliphatic heterocycles. The number of rotatable bonds is 1. The zero-order valence-electron chi connectivity index (χ0n) is 15.0. The van der Waals surface area contributed by atoms with Crippen LogP contribution in [0.2, 0.25) is 0 Å². The molecule has 0 amide bonds. The van der Waals surface area contributed by atoms with Crippen molar-refractivity contribution in [2.75, 3.05) is 0 Å². The highest BCUT2D eigenvalue weighted by molar-refractivity contribution is 6.34. The van der Waals surface area contributed by atoms with Gasteiger partial charge in [0.1, 0.15) is 17.0 Å². The second-order valence-electron chi connectivity index (χ2n) is 7.15. The smallest absolute Gasteiger partial charge is 0.136 e. The molecule has 0 fully saturated rings. The van der Waals surface area contributed by atoms with E-state index in [2.05, 4.69) is 42.5 Å². The van der Waals surface area contributed by atoms with E-state index in [4.69, 9.17) is 15.6 Å². The molecule has 0 unspecified atom stereocenters. The molecule has 132 valence electrons. The summed E-state index contributed by atoms with van der Waals surface area (Å²) in [6, 6.07) is 26.8. The van der Waals surface area contributed by atoms with E-state index in [9.17, 15) is 0 Å². The monoisotopic (exact) mass is 360 g/mol. The summed E-state index contributed by atoms with van der Waals surface area (Å²) in [5.41, 5.74) is 8.49. The Hall–Kier alpha value is -3.85. The van der Waals surface area contributed by atoms with Crippen molar-refractivity contribution < 1.29 is 4.42 Å². The van der Waals surface area contributed by atoms with E-state index in [1.165, 1.54) is 10.8 Å². The van der Waals surface area contributed by atoms with Crippen LogP contribution >= 0.6 is 0 Å². The van der Waals surface area contributed by atoms with Gasteiger partial charge in [0.15, 0.2) is 0 Å². The topological polar surface area (TPSA) is 63.0 Å². The first kappa shape index (κ1) is 15.2. The minimum atomic E-state index is 0.0580. The predicted molar refractivity (Wildman–Crippen MR) is 117 cm³/mol. The van der Waals surface area contributed by atoms with E-state index in [-0.39, 0.29) is 5.84 Å². The van der Waals surface area contributed by atoms with Gasteiger partial charge >= 0.3 is 0 Å². The largest absolute Gasteiger partial charge is 0.456 e. The second kappa shape index (κ2) is 5.33. The fraction of sp³-hybridized carbons (Fsp3) is 0. The second-order valence-corrected chi connectivity index (χ2v) is 7.15. The molecule has 3 N–H and O–H groups in total. The number of amidine groups is 1. The summed E-state index contributed by atoms with van der Waals surface area (Å²) in [6.45, 7) is 0. The van der Waals surface area contributed by atoms with E-state index < -0.39 is 0 Å². The molecule has 0 aliphatic rings. The molecular formula is C25H16N2O. The van der Waals surface area contributed by atoms with Gasteiger partial charge in [0.25, 0.3) is 0 Å². The summed E-state index contributed by atoms with van der Waals surface area (Å²) in [6.07, 6.45) is 0. The minimum absolute atomic E-state index is 0.0580. The molecule has 0 saturated carbocycles. The highest BCUT2D eigenvalue weighted by Gasteiger charge is 2.20. The molecule has 5 aromatic carbocycles. The molecule has 0 bridgehead atoms. The summed E-state index contributed by atoms with van der Waals surface area (Å²) in [7, 11) is 0. The number of nitrogens with two attached hydrogens (primary N) is 1. The fourth-order valence-electron chi connectivity index (χ4n) is 4.54. The van der Waals surface area contributed by atoms with Crippen molar-refractivity contribution in [2.45, 2.75) is 0 Å². The van der Waals surface area contributed by atoms with Crippen LogP contribution < -0.4 is 5.73 Å². The average Bonchev–Trinajstić information content (AvgIpc) is 3.10. The van der Waals surface area contributed by atoms with Gasteiger partial charge in [-0.1, -0.05) is 66.7 Å². The SMILES string of the molecule is N=C(N)c1c2c(cc3c4ccccc4c4ccccc4c13)oc1ccccc12. The average molecular weight is 360 g/mol. The molecular weight excluding hydrogens is 344 g/mol. The van der Waals surface area contributed by atoms with Gasteiger partial charge in [-0.15, -0.1) is 0 Å². The Morgan fingerprint density at radius 2 is 1.14 bits per heavy atom. The van der Waals surface area contributed by atoms with Crippen molar-refractivity contribution in [1.29, 1.82) is 5.41 Å². The van der Waals surface area contributed by atoms with Crippen LogP contribution in [0.1, 0.15) is 5.56 Å². The molecule has 1 heterocycles. The van der Waals surface area contributed by atoms with Gasteiger partial charge in [0.05, 0.1) is 0 Å². The first-order valence-corrected chi connectivity index (χ1v) is 9.26. The van der Waals surface area contributed by atoms with Crippen LogP contribution in [0.5, 0.6) is 0 Å². The maximum Gasteiger partial charge on any atom is 0.136 e. The Labute approximate surface area is 160 Å². The normalized spacial score (nSPS) is 11.9. The lowest BCUT2D eigenvalue weighted by atomic mass is 9.89. The number of nitrogen functional groups attached to an aromatic ring is 1. The van der Waals surface area contributed by atoms with Crippen LogP contribution in [0.25, 0.3) is 54.3 Å². The van der Waals surface area contributed by atoms with Crippen molar-refractivity contribution in [2.24, 2.45) is 5.73 Å². The molecule has 1 aromatic heterocycles. The summed E-state index contributed by atoms with van der Waals surface area (Å²) in [4.78, 5) is 0. The van der Waals surface area contributed by atoms with E-state index in [1.54, 1.807) is 0 Å². The Bertz CT molecular complexity index is 1590. The van der Waals surface area contributed by atoms with Crippen LogP contribution in [0.4, 0.5) is 0 Å². The number of benzene rings is 5. The molecule has 6 aromatic rings.